The number of pyridine rings is 1. The van der Waals surface area contributed by atoms with Gasteiger partial charge in [-0.3, -0.25) is 39.3 Å². The van der Waals surface area contributed by atoms with Gasteiger partial charge < -0.3 is 29.5 Å². The SMILES string of the molecule is Cc1cc2cc(n1)-c1cnn(C)c1OCCC[C@@H](C)Cn1c(nc3ccc(CN4CCC5(CC4)CCN(CC4CCN(c6ccc7c(c6)C(=O)N(C6CCC(=O)NC6O)C7=O)CC4)CC5)cc31)NC2=O. The molecule has 4 fully saturated rings. The van der Waals surface area contributed by atoms with Crippen LogP contribution in [0.15, 0.2) is 54.7 Å². The molecule has 4 amide bonds. The fraction of sp³-hybridized carbons (Fsp3) is 0.528. The molecule has 3 atom stereocenters. The molecule has 2 aromatic carbocycles. The lowest BCUT2D eigenvalue weighted by molar-refractivity contribution is -0.129. The number of ether oxygens (including phenoxy) is 1. The molecule has 6 aliphatic heterocycles. The number of benzene rings is 2. The van der Waals surface area contributed by atoms with Crippen LogP contribution < -0.4 is 20.3 Å². The maximum atomic E-state index is 13.9. The second-order valence-electron chi connectivity index (χ2n) is 21.1. The maximum absolute atomic E-state index is 13.9. The summed E-state index contributed by atoms with van der Waals surface area (Å²) in [6, 6.07) is 15.0. The van der Waals surface area contributed by atoms with E-state index >= 15 is 0 Å². The van der Waals surface area contributed by atoms with Crippen LogP contribution in [0, 0.1) is 24.2 Å². The lowest BCUT2D eigenvalue weighted by atomic mass is 9.71. The van der Waals surface area contributed by atoms with Gasteiger partial charge in [0.25, 0.3) is 17.7 Å². The van der Waals surface area contributed by atoms with Crippen molar-refractivity contribution in [2.24, 2.45) is 24.3 Å². The van der Waals surface area contributed by atoms with Crippen molar-refractivity contribution >= 4 is 46.3 Å². The molecule has 368 valence electrons. The molecule has 3 aromatic heterocycles. The Kier molecular flexibility index (Phi) is 12.5. The van der Waals surface area contributed by atoms with Gasteiger partial charge in [0, 0.05) is 63.1 Å². The zero-order valence-corrected chi connectivity index (χ0v) is 40.7. The van der Waals surface area contributed by atoms with Crippen molar-refractivity contribution < 1.29 is 29.0 Å². The van der Waals surface area contributed by atoms with Crippen molar-refractivity contribution in [1.29, 1.82) is 0 Å². The van der Waals surface area contributed by atoms with Gasteiger partial charge in [-0.15, -0.1) is 0 Å². The van der Waals surface area contributed by atoms with Crippen LogP contribution in [-0.4, -0.2) is 132 Å². The van der Waals surface area contributed by atoms with Crippen LogP contribution in [0.25, 0.3) is 22.3 Å². The van der Waals surface area contributed by atoms with E-state index in [9.17, 15) is 24.3 Å². The quantitative estimate of drug-likeness (QED) is 0.170. The Balaban J connectivity index is 0.677. The number of aryl methyl sites for hydroxylation is 2. The Morgan fingerprint density at radius 1 is 0.829 bits per heavy atom. The number of carbonyl (C=O) groups excluding carboxylic acids is 4. The number of aromatic nitrogens is 5. The van der Waals surface area contributed by atoms with Crippen LogP contribution in [0.4, 0.5) is 11.6 Å². The minimum atomic E-state index is -1.26. The van der Waals surface area contributed by atoms with E-state index in [2.05, 4.69) is 60.1 Å². The molecule has 5 aromatic rings. The number of nitrogens with zero attached hydrogens (tertiary/aromatic N) is 9. The molecule has 0 aliphatic carbocycles. The Morgan fingerprint density at radius 3 is 2.36 bits per heavy atom. The molecule has 1 spiro atoms. The Morgan fingerprint density at radius 2 is 1.59 bits per heavy atom. The van der Waals surface area contributed by atoms with E-state index in [1.807, 2.05) is 26.1 Å². The van der Waals surface area contributed by atoms with Crippen molar-refractivity contribution in [3.05, 3.63) is 82.7 Å². The summed E-state index contributed by atoms with van der Waals surface area (Å²) in [6.07, 6.45) is 9.82. The summed E-state index contributed by atoms with van der Waals surface area (Å²) in [5.74, 6) is 0.822. The monoisotopic (exact) mass is 952 g/mol. The van der Waals surface area contributed by atoms with E-state index in [4.69, 9.17) is 14.7 Å². The molecule has 11 rings (SSSR count). The van der Waals surface area contributed by atoms with Gasteiger partial charge in [-0.25, -0.2) is 9.67 Å². The summed E-state index contributed by atoms with van der Waals surface area (Å²) in [4.78, 5) is 70.9. The van der Waals surface area contributed by atoms with Gasteiger partial charge >= 0.3 is 0 Å². The number of nitrogens with one attached hydrogen (secondary N) is 2. The Bertz CT molecular complexity index is 2830. The van der Waals surface area contributed by atoms with E-state index in [0.29, 0.717) is 58.1 Å². The van der Waals surface area contributed by atoms with Gasteiger partial charge in [-0.05, 0) is 156 Å². The number of hydrogen-bond acceptors (Lipinski definition) is 12. The second kappa shape index (κ2) is 18.9. The zero-order valence-electron chi connectivity index (χ0n) is 40.7. The molecule has 70 heavy (non-hydrogen) atoms. The first-order valence-corrected chi connectivity index (χ1v) is 25.5. The van der Waals surface area contributed by atoms with E-state index in [-0.39, 0.29) is 24.7 Å². The number of anilines is 2. The average Bonchev–Trinajstić information content (AvgIpc) is 3.97. The highest BCUT2D eigenvalue weighted by atomic mass is 16.5. The highest BCUT2D eigenvalue weighted by Gasteiger charge is 2.45. The third kappa shape index (κ3) is 9.07. The smallest absolute Gasteiger partial charge is 0.262 e. The standard InChI is InChI=1S/C53H65N11O6/c1-33-5-4-24-70-51-41(29-54-59(51)3)43-27-37(25-34(2)55-43)47(66)58-52-56-42-9-6-36(26-45(42)63(52)30-33)32-61-22-16-53(17-23-61)14-20-60(21-15-53)31-35-12-18-62(19-13-35)38-7-8-39-40(28-38)50(69)64(49(39)68)44-10-11-46(65)57-48(44)67/h6-9,25-29,33,35,44,48,67H,4-5,10-24,30-32H2,1-3H3,(H,57,65)(H,56,58,66)/t33-,44?,48?/m1/s1. The van der Waals surface area contributed by atoms with E-state index in [1.165, 1.54) is 31.2 Å². The average molecular weight is 952 g/mol. The predicted molar refractivity (Wildman–Crippen MR) is 264 cm³/mol. The molecule has 17 heteroatoms. The zero-order chi connectivity index (χ0) is 48.3. The fourth-order valence-corrected chi connectivity index (χ4v) is 12.1. The highest BCUT2D eigenvalue weighted by molar-refractivity contribution is 6.22. The van der Waals surface area contributed by atoms with Crippen molar-refractivity contribution in [2.45, 2.75) is 103 Å². The Labute approximate surface area is 408 Å². The number of piperidine rings is 4. The predicted octanol–water partition coefficient (Wildman–Crippen LogP) is 5.99. The van der Waals surface area contributed by atoms with Crippen molar-refractivity contribution in [1.82, 2.24) is 44.3 Å². The first-order valence-electron chi connectivity index (χ1n) is 25.5. The van der Waals surface area contributed by atoms with Crippen LogP contribution in [-0.2, 0) is 24.9 Å². The number of hydrogen-bond donors (Lipinski definition) is 3. The lowest BCUT2D eigenvalue weighted by Gasteiger charge is -2.47. The molecule has 17 nitrogen and oxygen atoms in total. The third-order valence-corrected chi connectivity index (χ3v) is 16.3. The van der Waals surface area contributed by atoms with Crippen LogP contribution >= 0.6 is 0 Å². The van der Waals surface area contributed by atoms with E-state index in [0.717, 1.165) is 117 Å². The minimum absolute atomic E-state index is 0.163. The Hall–Kier alpha value is -6.17. The number of likely N-dealkylation sites (tertiary alicyclic amines) is 2. The number of imidazole rings is 1. The second-order valence-corrected chi connectivity index (χ2v) is 21.1. The van der Waals surface area contributed by atoms with Crippen LogP contribution in [0.5, 0.6) is 5.88 Å². The number of aliphatic hydroxyl groups excluding tert-OH is 1. The lowest BCUT2D eigenvalue weighted by Crippen LogP contribution is -2.57. The molecule has 0 radical (unpaired) electrons. The number of carbonyl (C=O) groups is 4. The van der Waals surface area contributed by atoms with E-state index < -0.39 is 24.1 Å². The van der Waals surface area contributed by atoms with Gasteiger partial charge in [0.15, 0.2) is 0 Å². The van der Waals surface area contributed by atoms with Gasteiger partial charge in [0.1, 0.15) is 6.23 Å². The molecule has 3 N–H and O–H groups in total. The van der Waals surface area contributed by atoms with Crippen molar-refractivity contribution in [3.63, 3.8) is 0 Å². The summed E-state index contributed by atoms with van der Waals surface area (Å²) in [7, 11) is 1.86. The van der Waals surface area contributed by atoms with Crippen LogP contribution in [0.3, 0.4) is 0 Å². The molecule has 6 aliphatic rings. The number of aliphatic hydroxyl groups is 1. The summed E-state index contributed by atoms with van der Waals surface area (Å²) < 4.78 is 10.2. The fourth-order valence-electron chi connectivity index (χ4n) is 12.1. The minimum Gasteiger partial charge on any atom is -0.477 e. The van der Waals surface area contributed by atoms with Crippen LogP contribution in [0.2, 0.25) is 0 Å². The summed E-state index contributed by atoms with van der Waals surface area (Å²) in [5.41, 5.74) is 7.91. The molecule has 0 saturated carbocycles. The maximum Gasteiger partial charge on any atom is 0.262 e. The normalized spacial score (nSPS) is 23.9. The number of rotatable bonds is 6. The first-order chi connectivity index (χ1) is 33.9. The van der Waals surface area contributed by atoms with E-state index in [1.54, 1.807) is 29.1 Å². The molecular weight excluding hydrogens is 887 g/mol. The summed E-state index contributed by atoms with van der Waals surface area (Å²) in [6.45, 7) is 13.7. The molecular formula is C53H65N11O6. The first kappa shape index (κ1) is 46.2. The topological polar surface area (TPSA) is 183 Å². The largest absolute Gasteiger partial charge is 0.477 e. The third-order valence-electron chi connectivity index (χ3n) is 16.3. The van der Waals surface area contributed by atoms with Crippen molar-refractivity contribution in [2.75, 3.05) is 62.6 Å². The highest BCUT2D eigenvalue weighted by Crippen LogP contribution is 2.42. The molecule has 2 unspecified atom stereocenters. The summed E-state index contributed by atoms with van der Waals surface area (Å²) >= 11 is 0. The molecule has 9 heterocycles. The number of imide groups is 1. The van der Waals surface area contributed by atoms with Gasteiger partial charge in [-0.2, -0.15) is 5.10 Å². The van der Waals surface area contributed by atoms with Gasteiger partial charge in [-0.1, -0.05) is 13.0 Å². The van der Waals surface area contributed by atoms with Crippen LogP contribution in [0.1, 0.15) is 113 Å². The van der Waals surface area contributed by atoms with Gasteiger partial charge in [0.2, 0.25) is 17.7 Å². The summed E-state index contributed by atoms with van der Waals surface area (Å²) in [5, 5.41) is 20.5. The molecule has 4 saturated heterocycles. The number of fused-ring (bicyclic) bond motifs is 8. The van der Waals surface area contributed by atoms with Gasteiger partial charge in [0.05, 0.1) is 52.3 Å². The van der Waals surface area contributed by atoms with Crippen molar-refractivity contribution in [3.8, 4) is 17.1 Å². The number of amides is 4. The molecule has 2 bridgehead atoms.